The molecule has 4 aromatic rings. The molecule has 0 fully saturated rings. The molecule has 0 aliphatic rings. The lowest BCUT2D eigenvalue weighted by molar-refractivity contribution is 0.102. The molecule has 0 unspecified atom stereocenters. The predicted molar refractivity (Wildman–Crippen MR) is 122 cm³/mol. The minimum absolute atomic E-state index is 0.194. The third-order valence-electron chi connectivity index (χ3n) is 4.76. The van der Waals surface area contributed by atoms with Crippen LogP contribution in [0.4, 0.5) is 5.69 Å². The van der Waals surface area contributed by atoms with Crippen LogP contribution in [0.25, 0.3) is 17.0 Å². The SMILES string of the molecule is COc1cc(C(=O)Nc2cccc(-c3nn4nc(C(C)(C)C)c(Cl)c4[nH]3)c2)ccc1Cl. The molecule has 0 aliphatic carbocycles. The Balaban J connectivity index is 1.61. The van der Waals surface area contributed by atoms with E-state index in [9.17, 15) is 4.79 Å². The number of carbonyl (C=O) groups is 1. The number of hydrogen-bond acceptors (Lipinski definition) is 4. The second-order valence-electron chi connectivity index (χ2n) is 8.11. The number of rotatable bonds is 4. The van der Waals surface area contributed by atoms with Gasteiger partial charge < -0.3 is 15.0 Å². The normalized spacial score (nSPS) is 11.7. The van der Waals surface area contributed by atoms with Crippen molar-refractivity contribution >= 4 is 40.4 Å². The number of ether oxygens (including phenoxy) is 1. The molecule has 9 heteroatoms. The van der Waals surface area contributed by atoms with Crippen molar-refractivity contribution in [2.75, 3.05) is 12.4 Å². The first-order valence-electron chi connectivity index (χ1n) is 9.57. The van der Waals surface area contributed by atoms with E-state index in [1.165, 1.54) is 11.7 Å². The van der Waals surface area contributed by atoms with Crippen molar-refractivity contribution in [1.82, 2.24) is 19.8 Å². The third-order valence-corrected chi connectivity index (χ3v) is 5.43. The van der Waals surface area contributed by atoms with Gasteiger partial charge in [-0.1, -0.05) is 56.1 Å². The molecule has 2 aromatic heterocycles. The number of halogens is 2. The molecule has 0 atom stereocenters. The van der Waals surface area contributed by atoms with Gasteiger partial charge in [-0.15, -0.1) is 9.73 Å². The van der Waals surface area contributed by atoms with Gasteiger partial charge in [0, 0.05) is 22.2 Å². The zero-order valence-corrected chi connectivity index (χ0v) is 19.0. The summed E-state index contributed by atoms with van der Waals surface area (Å²) in [5, 5.41) is 12.9. The van der Waals surface area contributed by atoms with Crippen LogP contribution in [-0.2, 0) is 5.41 Å². The van der Waals surface area contributed by atoms with E-state index in [4.69, 9.17) is 27.9 Å². The highest BCUT2D eigenvalue weighted by atomic mass is 35.5. The number of H-pyrrole nitrogens is 1. The number of amides is 1. The fourth-order valence-electron chi connectivity index (χ4n) is 3.16. The van der Waals surface area contributed by atoms with Gasteiger partial charge in [-0.05, 0) is 30.3 Å². The number of nitrogens with zero attached hydrogens (tertiary/aromatic N) is 3. The molecule has 2 N–H and O–H groups in total. The molecule has 4 rings (SSSR count). The summed E-state index contributed by atoms with van der Waals surface area (Å²) in [5.41, 5.74) is 3.05. The Labute approximate surface area is 189 Å². The van der Waals surface area contributed by atoms with Gasteiger partial charge in [0.15, 0.2) is 11.5 Å². The van der Waals surface area contributed by atoms with Gasteiger partial charge >= 0.3 is 0 Å². The molecular weight excluding hydrogens is 437 g/mol. The van der Waals surface area contributed by atoms with Gasteiger partial charge in [0.25, 0.3) is 5.91 Å². The number of carbonyl (C=O) groups excluding carboxylic acids is 1. The molecule has 0 saturated carbocycles. The van der Waals surface area contributed by atoms with Crippen LogP contribution in [0.15, 0.2) is 42.5 Å². The van der Waals surface area contributed by atoms with Crippen molar-refractivity contribution in [3.8, 4) is 17.1 Å². The molecule has 0 spiro atoms. The van der Waals surface area contributed by atoms with Crippen LogP contribution in [0, 0.1) is 0 Å². The summed E-state index contributed by atoms with van der Waals surface area (Å²) >= 11 is 12.6. The standard InChI is InChI=1S/C22H21Cl2N5O2/c1-22(2,3)18-17(24)20-26-19(28-29(20)27-18)12-6-5-7-14(10-12)25-21(30)13-8-9-15(23)16(11-13)31-4/h5-11H,1-4H3,(H,25,30)(H,26,28). The zero-order valence-electron chi connectivity index (χ0n) is 17.5. The van der Waals surface area contributed by atoms with E-state index in [0.717, 1.165) is 11.3 Å². The average molecular weight is 458 g/mol. The summed E-state index contributed by atoms with van der Waals surface area (Å²) in [6.45, 7) is 6.14. The Hall–Kier alpha value is -3.03. The first-order chi connectivity index (χ1) is 14.7. The van der Waals surface area contributed by atoms with E-state index in [1.54, 1.807) is 24.3 Å². The Kier molecular flexibility index (Phi) is 5.41. The summed E-state index contributed by atoms with van der Waals surface area (Å²) in [7, 11) is 1.50. The zero-order chi connectivity index (χ0) is 22.3. The Morgan fingerprint density at radius 1 is 1.13 bits per heavy atom. The third kappa shape index (κ3) is 4.11. The highest BCUT2D eigenvalue weighted by molar-refractivity contribution is 6.34. The van der Waals surface area contributed by atoms with E-state index in [2.05, 4.69) is 20.5 Å². The van der Waals surface area contributed by atoms with Crippen LogP contribution in [0.3, 0.4) is 0 Å². The molecule has 31 heavy (non-hydrogen) atoms. The van der Waals surface area contributed by atoms with Gasteiger partial charge in [0.1, 0.15) is 10.8 Å². The number of nitrogens with one attached hydrogen (secondary N) is 2. The minimum Gasteiger partial charge on any atom is -0.495 e. The lowest BCUT2D eigenvalue weighted by atomic mass is 9.92. The molecule has 0 aliphatic heterocycles. The summed E-state index contributed by atoms with van der Waals surface area (Å²) < 4.78 is 6.68. The second kappa shape index (κ2) is 7.90. The fraction of sp³-hybridized carbons (Fsp3) is 0.227. The van der Waals surface area contributed by atoms with Crippen molar-refractivity contribution in [2.24, 2.45) is 0 Å². The number of anilines is 1. The van der Waals surface area contributed by atoms with Crippen molar-refractivity contribution in [3.63, 3.8) is 0 Å². The molecule has 2 aromatic carbocycles. The Bertz CT molecular complexity index is 1290. The number of aromatic nitrogens is 4. The van der Waals surface area contributed by atoms with Crippen LogP contribution in [0.5, 0.6) is 5.75 Å². The predicted octanol–water partition coefficient (Wildman–Crippen LogP) is 5.59. The van der Waals surface area contributed by atoms with Crippen molar-refractivity contribution in [2.45, 2.75) is 26.2 Å². The quantitative estimate of drug-likeness (QED) is 0.418. The summed E-state index contributed by atoms with van der Waals surface area (Å²) in [6, 6.07) is 12.2. The van der Waals surface area contributed by atoms with Crippen molar-refractivity contribution in [3.05, 3.63) is 63.8 Å². The molecule has 2 heterocycles. The van der Waals surface area contributed by atoms with Gasteiger partial charge in [-0.2, -0.15) is 5.10 Å². The van der Waals surface area contributed by atoms with Gasteiger partial charge in [0.2, 0.25) is 0 Å². The second-order valence-corrected chi connectivity index (χ2v) is 8.89. The molecule has 0 bridgehead atoms. The maximum Gasteiger partial charge on any atom is 0.255 e. The first-order valence-corrected chi connectivity index (χ1v) is 10.3. The van der Waals surface area contributed by atoms with Crippen LogP contribution in [0.2, 0.25) is 10.0 Å². The van der Waals surface area contributed by atoms with Crippen molar-refractivity contribution < 1.29 is 9.53 Å². The molecule has 1 amide bonds. The largest absolute Gasteiger partial charge is 0.495 e. The number of aromatic amines is 1. The highest BCUT2D eigenvalue weighted by Gasteiger charge is 2.25. The van der Waals surface area contributed by atoms with Crippen molar-refractivity contribution in [1.29, 1.82) is 0 Å². The highest BCUT2D eigenvalue weighted by Crippen LogP contribution is 2.32. The van der Waals surface area contributed by atoms with Crippen LogP contribution in [-0.4, -0.2) is 32.8 Å². The van der Waals surface area contributed by atoms with E-state index < -0.39 is 0 Å². The molecule has 7 nitrogen and oxygen atoms in total. The molecular formula is C22H21Cl2N5O2. The van der Waals surface area contributed by atoms with Crippen LogP contribution in [0.1, 0.15) is 36.8 Å². The topological polar surface area (TPSA) is 84.3 Å². The van der Waals surface area contributed by atoms with Gasteiger partial charge in [0.05, 0.1) is 17.8 Å². The van der Waals surface area contributed by atoms with Crippen LogP contribution < -0.4 is 10.1 Å². The molecule has 0 saturated heterocycles. The maximum absolute atomic E-state index is 12.7. The van der Waals surface area contributed by atoms with Crippen LogP contribution >= 0.6 is 23.2 Å². The van der Waals surface area contributed by atoms with E-state index in [-0.39, 0.29) is 11.3 Å². The Morgan fingerprint density at radius 3 is 2.58 bits per heavy atom. The fourth-order valence-corrected chi connectivity index (χ4v) is 3.79. The molecule has 160 valence electrons. The first kappa shape index (κ1) is 21.2. The van der Waals surface area contributed by atoms with E-state index in [0.29, 0.717) is 38.5 Å². The average Bonchev–Trinajstić information content (AvgIpc) is 3.28. The Morgan fingerprint density at radius 2 is 1.90 bits per heavy atom. The van der Waals surface area contributed by atoms with E-state index in [1.807, 2.05) is 39.0 Å². The monoisotopic (exact) mass is 457 g/mol. The van der Waals surface area contributed by atoms with E-state index >= 15 is 0 Å². The van der Waals surface area contributed by atoms with Gasteiger partial charge in [-0.25, -0.2) is 0 Å². The number of hydrogen-bond donors (Lipinski definition) is 2. The molecule has 0 radical (unpaired) electrons. The van der Waals surface area contributed by atoms with Gasteiger partial charge in [-0.3, -0.25) is 4.79 Å². The lowest BCUT2D eigenvalue weighted by Crippen LogP contribution is -2.13. The minimum atomic E-state index is -0.278. The number of benzene rings is 2. The summed E-state index contributed by atoms with van der Waals surface area (Å²) in [4.78, 5) is 15.9. The smallest absolute Gasteiger partial charge is 0.255 e. The number of methoxy groups -OCH3 is 1. The number of fused-ring (bicyclic) bond motifs is 1. The summed E-state index contributed by atoms with van der Waals surface area (Å²) in [6.07, 6.45) is 0. The maximum atomic E-state index is 12.7. The summed E-state index contributed by atoms with van der Waals surface area (Å²) in [5.74, 6) is 0.752. The lowest BCUT2D eigenvalue weighted by Gasteiger charge is -2.14.